The van der Waals surface area contributed by atoms with E-state index in [0.717, 1.165) is 0 Å². The van der Waals surface area contributed by atoms with Crippen molar-refractivity contribution in [3.63, 3.8) is 0 Å². The molecule has 0 radical (unpaired) electrons. The van der Waals surface area contributed by atoms with E-state index in [2.05, 4.69) is 0 Å². The second-order valence-corrected chi connectivity index (χ2v) is 6.81. The highest BCUT2D eigenvalue weighted by atomic mass is 16.7. The molecule has 0 saturated heterocycles. The number of carbonyl (C=O) groups is 1. The number of cyclic esters (lactones) is 1. The van der Waals surface area contributed by atoms with Crippen LogP contribution in [0.5, 0.6) is 34.5 Å². The van der Waals surface area contributed by atoms with Gasteiger partial charge in [-0.3, -0.25) is 0 Å². The summed E-state index contributed by atoms with van der Waals surface area (Å²) in [5, 5.41) is 12.1. The standard InChI is InChI=1S/C22H18O8/c1-25-15-4-10-11(5-16(15)26-2)21(27-3)20-13(8-28-22(20)24)19(10)12-6-17-18(7-14(12)23)30-9-29-17/h4-7,23H,8-9H2,1-3H3. The third-order valence-electron chi connectivity index (χ3n) is 5.38. The van der Waals surface area contributed by atoms with Gasteiger partial charge in [-0.1, -0.05) is 0 Å². The minimum Gasteiger partial charge on any atom is -0.507 e. The number of aromatic hydroxyl groups is 1. The number of rotatable bonds is 4. The fourth-order valence-electron chi connectivity index (χ4n) is 4.05. The lowest BCUT2D eigenvalue weighted by Crippen LogP contribution is -2.02. The number of phenolic OH excluding ortho intramolecular Hbond substituents is 1. The van der Waals surface area contributed by atoms with Gasteiger partial charge in [-0.2, -0.15) is 0 Å². The summed E-state index contributed by atoms with van der Waals surface area (Å²) in [6.45, 7) is 0.129. The molecule has 2 aliphatic heterocycles. The van der Waals surface area contributed by atoms with Gasteiger partial charge in [-0.25, -0.2) is 4.79 Å². The molecule has 0 spiro atoms. The highest BCUT2D eigenvalue weighted by molar-refractivity contribution is 6.12. The van der Waals surface area contributed by atoms with Crippen molar-refractivity contribution in [3.8, 4) is 45.6 Å². The predicted octanol–water partition coefficient (Wildman–Crippen LogP) is 3.64. The fourth-order valence-corrected chi connectivity index (χ4v) is 4.05. The fraction of sp³-hybridized carbons (Fsp3) is 0.227. The minimum absolute atomic E-state index is 0.0120. The molecule has 3 aromatic rings. The first-order valence-electron chi connectivity index (χ1n) is 9.16. The Kier molecular flexibility index (Phi) is 4.02. The first kappa shape index (κ1) is 18.2. The first-order valence-corrected chi connectivity index (χ1v) is 9.16. The maximum absolute atomic E-state index is 12.6. The zero-order valence-electron chi connectivity index (χ0n) is 16.5. The molecular weight excluding hydrogens is 392 g/mol. The van der Waals surface area contributed by atoms with Gasteiger partial charge < -0.3 is 33.5 Å². The van der Waals surface area contributed by atoms with Crippen molar-refractivity contribution in [1.82, 2.24) is 0 Å². The number of hydrogen-bond donors (Lipinski definition) is 1. The van der Waals surface area contributed by atoms with Crippen LogP contribution in [-0.2, 0) is 11.3 Å². The van der Waals surface area contributed by atoms with Crippen LogP contribution >= 0.6 is 0 Å². The van der Waals surface area contributed by atoms with E-state index in [1.165, 1.54) is 20.3 Å². The third kappa shape index (κ3) is 2.43. The summed E-state index contributed by atoms with van der Waals surface area (Å²) in [4.78, 5) is 12.6. The number of fused-ring (bicyclic) bond motifs is 3. The Balaban J connectivity index is 1.94. The Labute approximate surface area is 171 Å². The zero-order chi connectivity index (χ0) is 21.0. The summed E-state index contributed by atoms with van der Waals surface area (Å²) in [5.74, 6) is 1.83. The van der Waals surface area contributed by atoms with Crippen LogP contribution in [0.15, 0.2) is 24.3 Å². The Morgan fingerprint density at radius 2 is 1.50 bits per heavy atom. The summed E-state index contributed by atoms with van der Waals surface area (Å²) in [7, 11) is 4.57. The SMILES string of the molecule is COc1cc2c(OC)c3c(c(-c4cc5c(cc4O)OCO5)c2cc1OC)COC3=O. The average Bonchev–Trinajstić information content (AvgIpc) is 3.37. The van der Waals surface area contributed by atoms with E-state index < -0.39 is 5.97 Å². The van der Waals surface area contributed by atoms with E-state index in [1.807, 2.05) is 0 Å². The molecule has 30 heavy (non-hydrogen) atoms. The number of hydrogen-bond acceptors (Lipinski definition) is 8. The summed E-state index contributed by atoms with van der Waals surface area (Å²) in [6.07, 6.45) is 0. The molecule has 5 rings (SSSR count). The Bertz CT molecular complexity index is 1210. The molecule has 8 heteroatoms. The normalized spacial score (nSPS) is 13.9. The second kappa shape index (κ2) is 6.62. The van der Waals surface area contributed by atoms with Crippen LogP contribution < -0.4 is 23.7 Å². The van der Waals surface area contributed by atoms with Crippen LogP contribution in [-0.4, -0.2) is 39.2 Å². The molecule has 3 aromatic carbocycles. The lowest BCUT2D eigenvalue weighted by atomic mass is 9.89. The van der Waals surface area contributed by atoms with Crippen molar-refractivity contribution in [3.05, 3.63) is 35.4 Å². The molecule has 2 aliphatic rings. The summed E-state index contributed by atoms with van der Waals surface area (Å²) in [5.41, 5.74) is 2.05. The topological polar surface area (TPSA) is 92.7 Å². The van der Waals surface area contributed by atoms with Gasteiger partial charge in [0.25, 0.3) is 0 Å². The van der Waals surface area contributed by atoms with Gasteiger partial charge in [-0.15, -0.1) is 0 Å². The van der Waals surface area contributed by atoms with Crippen molar-refractivity contribution in [1.29, 1.82) is 0 Å². The average molecular weight is 410 g/mol. The molecule has 0 amide bonds. The van der Waals surface area contributed by atoms with Crippen LogP contribution in [0.25, 0.3) is 21.9 Å². The molecule has 0 aromatic heterocycles. The Hall–Kier alpha value is -3.81. The third-order valence-corrected chi connectivity index (χ3v) is 5.38. The summed E-state index contributed by atoms with van der Waals surface area (Å²) >= 11 is 0. The largest absolute Gasteiger partial charge is 0.507 e. The maximum Gasteiger partial charge on any atom is 0.342 e. The lowest BCUT2D eigenvalue weighted by Gasteiger charge is -2.18. The van der Waals surface area contributed by atoms with E-state index in [4.69, 9.17) is 28.4 Å². The molecule has 8 nitrogen and oxygen atoms in total. The number of benzene rings is 3. The molecule has 0 unspecified atom stereocenters. The van der Waals surface area contributed by atoms with E-state index in [1.54, 1.807) is 25.3 Å². The van der Waals surface area contributed by atoms with Crippen molar-refractivity contribution >= 4 is 16.7 Å². The molecule has 0 fully saturated rings. The Morgan fingerprint density at radius 1 is 0.833 bits per heavy atom. The molecule has 0 aliphatic carbocycles. The van der Waals surface area contributed by atoms with E-state index >= 15 is 0 Å². The van der Waals surface area contributed by atoms with Gasteiger partial charge in [0.15, 0.2) is 23.0 Å². The molecule has 0 atom stereocenters. The number of carbonyl (C=O) groups excluding carboxylic acids is 1. The van der Waals surface area contributed by atoms with Gasteiger partial charge in [0.2, 0.25) is 6.79 Å². The van der Waals surface area contributed by atoms with Crippen molar-refractivity contribution in [2.24, 2.45) is 0 Å². The van der Waals surface area contributed by atoms with Crippen LogP contribution in [0.2, 0.25) is 0 Å². The van der Waals surface area contributed by atoms with Crippen molar-refractivity contribution in [2.45, 2.75) is 6.61 Å². The van der Waals surface area contributed by atoms with Gasteiger partial charge in [-0.05, 0) is 23.6 Å². The van der Waals surface area contributed by atoms with Crippen LogP contribution in [0.4, 0.5) is 0 Å². The Morgan fingerprint density at radius 3 is 2.17 bits per heavy atom. The minimum atomic E-state index is -0.486. The van der Waals surface area contributed by atoms with Crippen molar-refractivity contribution < 1.29 is 38.3 Å². The molecule has 2 heterocycles. The number of esters is 1. The maximum atomic E-state index is 12.6. The van der Waals surface area contributed by atoms with E-state index in [9.17, 15) is 9.90 Å². The number of ether oxygens (including phenoxy) is 6. The predicted molar refractivity (Wildman–Crippen MR) is 106 cm³/mol. The van der Waals surface area contributed by atoms with Crippen molar-refractivity contribution in [2.75, 3.05) is 28.1 Å². The van der Waals surface area contributed by atoms with E-state index in [0.29, 0.717) is 61.8 Å². The number of methoxy groups -OCH3 is 3. The van der Waals surface area contributed by atoms with Gasteiger partial charge in [0, 0.05) is 28.1 Å². The molecule has 1 N–H and O–H groups in total. The highest BCUT2D eigenvalue weighted by Gasteiger charge is 2.34. The molecular formula is C22H18O8. The van der Waals surface area contributed by atoms with Gasteiger partial charge in [0.05, 0.1) is 21.3 Å². The summed E-state index contributed by atoms with van der Waals surface area (Å²) in [6, 6.07) is 6.72. The highest BCUT2D eigenvalue weighted by Crippen LogP contribution is 2.51. The molecule has 154 valence electrons. The van der Waals surface area contributed by atoms with Crippen LogP contribution in [0.1, 0.15) is 15.9 Å². The smallest absolute Gasteiger partial charge is 0.342 e. The van der Waals surface area contributed by atoms with Gasteiger partial charge >= 0.3 is 5.97 Å². The monoisotopic (exact) mass is 410 g/mol. The lowest BCUT2D eigenvalue weighted by molar-refractivity contribution is 0.0533. The van der Waals surface area contributed by atoms with Crippen LogP contribution in [0.3, 0.4) is 0 Å². The molecule has 0 bridgehead atoms. The van der Waals surface area contributed by atoms with Crippen LogP contribution in [0, 0.1) is 0 Å². The quantitative estimate of drug-likeness (QED) is 0.652. The van der Waals surface area contributed by atoms with Gasteiger partial charge in [0.1, 0.15) is 23.7 Å². The zero-order valence-corrected chi connectivity index (χ0v) is 16.5. The summed E-state index contributed by atoms with van der Waals surface area (Å²) < 4.78 is 32.7. The second-order valence-electron chi connectivity index (χ2n) is 6.81. The first-order chi connectivity index (χ1) is 14.6. The number of phenols is 1. The van der Waals surface area contributed by atoms with E-state index in [-0.39, 0.29) is 19.1 Å². The molecule has 0 saturated carbocycles.